The van der Waals surface area contributed by atoms with Crippen molar-refractivity contribution in [2.75, 3.05) is 18.1 Å². The summed E-state index contributed by atoms with van der Waals surface area (Å²) in [6.07, 6.45) is -7.15. The van der Waals surface area contributed by atoms with Gasteiger partial charge in [0.2, 0.25) is 5.75 Å². The van der Waals surface area contributed by atoms with Gasteiger partial charge in [-0.2, -0.15) is 26.3 Å². The zero-order valence-corrected chi connectivity index (χ0v) is 21.9. The molecule has 1 amide bonds. The average Bonchev–Trinajstić information content (AvgIpc) is 2.69. The SMILES string of the molecule is O=C(NCC[S+]([O-])CC(F)(F)F)c1ccc(/C=C/C(c2cc(Cl)c(Cl)c(Cl)c2)C(F)(F)F)cc1Br. The highest BCUT2D eigenvalue weighted by molar-refractivity contribution is 9.10. The van der Waals surface area contributed by atoms with Crippen LogP contribution in [0.3, 0.4) is 0 Å². The summed E-state index contributed by atoms with van der Waals surface area (Å²) < 4.78 is 89.2. The van der Waals surface area contributed by atoms with Crippen LogP contribution in [0, 0.1) is 0 Å². The number of alkyl halides is 6. The summed E-state index contributed by atoms with van der Waals surface area (Å²) in [5.74, 6) is -4.56. The van der Waals surface area contributed by atoms with Gasteiger partial charge in [0.25, 0.3) is 5.91 Å². The van der Waals surface area contributed by atoms with Crippen molar-refractivity contribution in [2.24, 2.45) is 0 Å². The normalized spacial score (nSPS) is 14.3. The van der Waals surface area contributed by atoms with E-state index >= 15 is 0 Å². The number of halogens is 10. The molecule has 0 radical (unpaired) electrons. The maximum absolute atomic E-state index is 13.7. The maximum Gasteiger partial charge on any atom is 0.433 e. The van der Waals surface area contributed by atoms with Gasteiger partial charge in [0, 0.05) is 4.47 Å². The van der Waals surface area contributed by atoms with Gasteiger partial charge < -0.3 is 9.87 Å². The first-order chi connectivity index (χ1) is 16.1. The number of amides is 1. The monoisotopic (exact) mass is 643 g/mol. The molecule has 0 spiro atoms. The molecular weight excluding hydrogens is 631 g/mol. The van der Waals surface area contributed by atoms with E-state index in [-0.39, 0.29) is 43.0 Å². The Morgan fingerprint density at radius 2 is 1.69 bits per heavy atom. The van der Waals surface area contributed by atoms with Crippen LogP contribution in [-0.2, 0) is 11.2 Å². The van der Waals surface area contributed by atoms with E-state index in [1.807, 2.05) is 0 Å². The molecule has 35 heavy (non-hydrogen) atoms. The Kier molecular flexibility index (Phi) is 10.7. The quantitative estimate of drug-likeness (QED) is 0.181. The first-order valence-corrected chi connectivity index (χ1v) is 12.9. The summed E-state index contributed by atoms with van der Waals surface area (Å²) in [5, 5.41) is 2.03. The van der Waals surface area contributed by atoms with Crippen LogP contribution in [0.4, 0.5) is 26.3 Å². The lowest BCUT2D eigenvalue weighted by atomic mass is 9.97. The van der Waals surface area contributed by atoms with E-state index in [0.29, 0.717) is 5.56 Å². The predicted molar refractivity (Wildman–Crippen MR) is 130 cm³/mol. The third-order valence-corrected chi connectivity index (χ3v) is 7.54. The average molecular weight is 646 g/mol. The molecule has 0 aliphatic heterocycles. The van der Waals surface area contributed by atoms with Crippen LogP contribution in [0.25, 0.3) is 6.08 Å². The van der Waals surface area contributed by atoms with Crippen LogP contribution < -0.4 is 5.32 Å². The predicted octanol–water partition coefficient (Wildman–Crippen LogP) is 7.81. The van der Waals surface area contributed by atoms with E-state index in [2.05, 4.69) is 21.2 Å². The van der Waals surface area contributed by atoms with E-state index in [0.717, 1.165) is 18.2 Å². The van der Waals surface area contributed by atoms with Crippen LogP contribution >= 0.6 is 50.7 Å². The molecule has 3 nitrogen and oxygen atoms in total. The number of nitrogens with one attached hydrogen (secondary N) is 1. The molecule has 2 atom stereocenters. The summed E-state index contributed by atoms with van der Waals surface area (Å²) >= 11 is 18.5. The van der Waals surface area contributed by atoms with Gasteiger partial charge >= 0.3 is 12.4 Å². The van der Waals surface area contributed by atoms with Gasteiger partial charge in [0.1, 0.15) is 5.75 Å². The fourth-order valence-corrected chi connectivity index (χ4v) is 4.85. The van der Waals surface area contributed by atoms with Gasteiger partial charge in [-0.3, -0.25) is 4.79 Å². The summed E-state index contributed by atoms with van der Waals surface area (Å²) in [4.78, 5) is 12.3. The van der Waals surface area contributed by atoms with Crippen LogP contribution in [0.15, 0.2) is 40.9 Å². The summed E-state index contributed by atoms with van der Waals surface area (Å²) in [6, 6.07) is 6.24. The molecular formula is C21H15BrCl3F6NO2S. The van der Waals surface area contributed by atoms with Crippen molar-refractivity contribution in [3.8, 4) is 0 Å². The lowest BCUT2D eigenvalue weighted by Crippen LogP contribution is -2.33. The Bertz CT molecular complexity index is 1070. The van der Waals surface area contributed by atoms with Gasteiger partial charge in [-0.1, -0.05) is 53.0 Å². The second-order valence-corrected chi connectivity index (χ2v) is 10.7. The van der Waals surface area contributed by atoms with E-state index in [1.165, 1.54) is 24.3 Å². The fourth-order valence-electron chi connectivity index (χ4n) is 2.82. The molecule has 0 bridgehead atoms. The molecule has 0 heterocycles. The van der Waals surface area contributed by atoms with Gasteiger partial charge in [0.15, 0.2) is 0 Å². The molecule has 2 aromatic rings. The molecule has 192 valence electrons. The van der Waals surface area contributed by atoms with Crippen molar-refractivity contribution >= 4 is 73.9 Å². The van der Waals surface area contributed by atoms with E-state index in [4.69, 9.17) is 34.8 Å². The maximum atomic E-state index is 13.7. The molecule has 2 rings (SSSR count). The highest BCUT2D eigenvalue weighted by atomic mass is 79.9. The topological polar surface area (TPSA) is 52.2 Å². The van der Waals surface area contributed by atoms with Crippen LogP contribution in [0.1, 0.15) is 27.4 Å². The minimum atomic E-state index is -4.67. The third kappa shape index (κ3) is 9.36. The Hall–Kier alpha value is -1.11. The minimum absolute atomic E-state index is 0.0635. The fraction of sp³-hybridized carbons (Fsp3) is 0.286. The first kappa shape index (κ1) is 30.1. The number of hydrogen-bond donors (Lipinski definition) is 1. The van der Waals surface area contributed by atoms with E-state index in [1.54, 1.807) is 0 Å². The van der Waals surface area contributed by atoms with Crippen LogP contribution in [0.2, 0.25) is 15.1 Å². The van der Waals surface area contributed by atoms with Crippen molar-refractivity contribution in [1.82, 2.24) is 5.32 Å². The van der Waals surface area contributed by atoms with Gasteiger partial charge in [0.05, 0.1) is 33.1 Å². The molecule has 2 unspecified atom stereocenters. The summed E-state index contributed by atoms with van der Waals surface area (Å²) in [6.45, 7) is -0.255. The van der Waals surface area contributed by atoms with Crippen molar-refractivity contribution in [1.29, 1.82) is 0 Å². The molecule has 0 aliphatic rings. The largest absolute Gasteiger partial charge is 0.616 e. The third-order valence-electron chi connectivity index (χ3n) is 4.38. The second kappa shape index (κ2) is 12.4. The zero-order chi connectivity index (χ0) is 26.6. The van der Waals surface area contributed by atoms with Crippen molar-refractivity contribution in [3.63, 3.8) is 0 Å². The number of allylic oxidation sites excluding steroid dienone is 1. The second-order valence-electron chi connectivity index (χ2n) is 7.08. The number of benzene rings is 2. The molecule has 1 N–H and O–H groups in total. The van der Waals surface area contributed by atoms with Gasteiger partial charge in [-0.05, 0) is 62.5 Å². The highest BCUT2D eigenvalue weighted by Gasteiger charge is 2.39. The number of carbonyl (C=O) groups excluding carboxylic acids is 1. The molecule has 0 saturated heterocycles. The number of carbonyl (C=O) groups is 1. The summed E-state index contributed by atoms with van der Waals surface area (Å²) in [7, 11) is 0. The van der Waals surface area contributed by atoms with Gasteiger partial charge in [-0.15, -0.1) is 0 Å². The Balaban J connectivity index is 2.13. The highest BCUT2D eigenvalue weighted by Crippen LogP contribution is 2.41. The Morgan fingerprint density at radius 1 is 1.09 bits per heavy atom. The van der Waals surface area contributed by atoms with Crippen molar-refractivity contribution in [3.05, 3.63) is 72.6 Å². The minimum Gasteiger partial charge on any atom is -0.616 e. The standard InChI is InChI=1S/C21H15BrCl3F6NO2S/c22-15-7-11(1-3-13(15)19(33)32-5-6-35(34)10-20(26,27)28)2-4-14(21(29,30)31)12-8-16(23)18(25)17(24)9-12/h1-4,7-9,14H,5-6,10H2,(H,32,33)/b4-2+. The van der Waals surface area contributed by atoms with Gasteiger partial charge in [-0.25, -0.2) is 0 Å². The molecule has 0 fully saturated rings. The zero-order valence-electron chi connectivity index (χ0n) is 17.2. The Morgan fingerprint density at radius 3 is 2.20 bits per heavy atom. The van der Waals surface area contributed by atoms with Crippen molar-refractivity contribution < 1.29 is 35.7 Å². The molecule has 0 saturated carbocycles. The van der Waals surface area contributed by atoms with Crippen LogP contribution in [0.5, 0.6) is 0 Å². The van der Waals surface area contributed by atoms with Crippen molar-refractivity contribution in [2.45, 2.75) is 18.3 Å². The van der Waals surface area contributed by atoms with E-state index in [9.17, 15) is 35.7 Å². The smallest absolute Gasteiger partial charge is 0.433 e. The molecule has 14 heteroatoms. The molecule has 0 aromatic heterocycles. The van der Waals surface area contributed by atoms with E-state index < -0.39 is 41.1 Å². The molecule has 0 aliphatic carbocycles. The number of hydrogen-bond acceptors (Lipinski definition) is 2. The lowest BCUT2D eigenvalue weighted by molar-refractivity contribution is -0.139. The number of rotatable bonds is 8. The lowest BCUT2D eigenvalue weighted by Gasteiger charge is -2.18. The molecule has 2 aromatic carbocycles. The first-order valence-electron chi connectivity index (χ1n) is 9.47. The Labute approximate surface area is 223 Å². The van der Waals surface area contributed by atoms with Crippen LogP contribution in [-0.4, -0.2) is 40.9 Å². The summed E-state index contributed by atoms with van der Waals surface area (Å²) in [5.41, 5.74) is 0.193.